The molecule has 1 aliphatic heterocycles. The van der Waals surface area contributed by atoms with Crippen LogP contribution in [0.25, 0.3) is 0 Å². The van der Waals surface area contributed by atoms with E-state index >= 15 is 0 Å². The SMILES string of the molecule is CCOC(=O)c1c(C2CC2)csc1NC(=O)CN1C(=O)N[C@@]2(CCCC[C@H]2C)C1=O. The molecule has 4 amide bonds. The molecule has 0 bridgehead atoms. The van der Waals surface area contributed by atoms with E-state index in [-0.39, 0.29) is 25.0 Å². The van der Waals surface area contributed by atoms with E-state index in [1.165, 1.54) is 11.3 Å². The third-order valence-electron chi connectivity index (χ3n) is 6.37. The summed E-state index contributed by atoms with van der Waals surface area (Å²) < 4.78 is 5.17. The average Bonchev–Trinajstić information content (AvgIpc) is 3.43. The van der Waals surface area contributed by atoms with Gasteiger partial charge in [0.15, 0.2) is 0 Å². The Labute approximate surface area is 179 Å². The van der Waals surface area contributed by atoms with Crippen molar-refractivity contribution < 1.29 is 23.9 Å². The lowest BCUT2D eigenvalue weighted by Crippen LogP contribution is -2.54. The summed E-state index contributed by atoms with van der Waals surface area (Å²) in [7, 11) is 0. The normalized spacial score (nSPS) is 26.1. The minimum absolute atomic E-state index is 0.0320. The van der Waals surface area contributed by atoms with Crippen LogP contribution in [-0.4, -0.2) is 47.4 Å². The number of nitrogens with zero attached hydrogens (tertiary/aromatic N) is 1. The fourth-order valence-electron chi connectivity index (χ4n) is 4.52. The van der Waals surface area contributed by atoms with Gasteiger partial charge in [-0.2, -0.15) is 0 Å². The molecule has 1 spiro atoms. The number of hydrogen-bond acceptors (Lipinski definition) is 6. The van der Waals surface area contributed by atoms with Gasteiger partial charge >= 0.3 is 12.0 Å². The Morgan fingerprint density at radius 2 is 2.07 bits per heavy atom. The summed E-state index contributed by atoms with van der Waals surface area (Å²) in [6.45, 7) is 3.57. The van der Waals surface area contributed by atoms with Gasteiger partial charge in [-0.25, -0.2) is 9.59 Å². The molecule has 162 valence electrons. The van der Waals surface area contributed by atoms with E-state index in [1.807, 2.05) is 12.3 Å². The minimum Gasteiger partial charge on any atom is -0.462 e. The van der Waals surface area contributed by atoms with Crippen molar-refractivity contribution in [3.8, 4) is 0 Å². The Hall–Kier alpha value is -2.42. The highest BCUT2D eigenvalue weighted by Crippen LogP contribution is 2.46. The van der Waals surface area contributed by atoms with Crippen LogP contribution in [0.2, 0.25) is 0 Å². The molecule has 3 aliphatic rings. The Morgan fingerprint density at radius 1 is 1.30 bits per heavy atom. The molecule has 1 aromatic rings. The van der Waals surface area contributed by atoms with Crippen LogP contribution in [-0.2, 0) is 14.3 Å². The molecular weight excluding hydrogens is 406 g/mol. The Bertz CT molecular complexity index is 893. The maximum Gasteiger partial charge on any atom is 0.341 e. The van der Waals surface area contributed by atoms with Crippen LogP contribution in [0.3, 0.4) is 0 Å². The molecule has 8 nitrogen and oxygen atoms in total. The van der Waals surface area contributed by atoms with E-state index in [2.05, 4.69) is 10.6 Å². The van der Waals surface area contributed by atoms with Crippen molar-refractivity contribution in [3.63, 3.8) is 0 Å². The topological polar surface area (TPSA) is 105 Å². The number of carbonyl (C=O) groups excluding carboxylic acids is 4. The number of carbonyl (C=O) groups is 4. The first-order chi connectivity index (χ1) is 14.4. The number of amides is 4. The van der Waals surface area contributed by atoms with E-state index in [1.54, 1.807) is 6.92 Å². The number of rotatable bonds is 6. The summed E-state index contributed by atoms with van der Waals surface area (Å²) in [6, 6.07) is -0.528. The van der Waals surface area contributed by atoms with Crippen LogP contribution in [0.15, 0.2) is 5.38 Å². The fourth-order valence-corrected chi connectivity index (χ4v) is 5.57. The zero-order valence-electron chi connectivity index (χ0n) is 17.3. The first-order valence-corrected chi connectivity index (χ1v) is 11.5. The van der Waals surface area contributed by atoms with Gasteiger partial charge in [-0.3, -0.25) is 14.5 Å². The van der Waals surface area contributed by atoms with Crippen LogP contribution in [0.5, 0.6) is 0 Å². The van der Waals surface area contributed by atoms with E-state index in [9.17, 15) is 19.2 Å². The third-order valence-corrected chi connectivity index (χ3v) is 7.29. The molecule has 1 saturated heterocycles. The monoisotopic (exact) mass is 433 g/mol. The summed E-state index contributed by atoms with van der Waals surface area (Å²) in [5.41, 5.74) is 0.402. The molecule has 0 radical (unpaired) electrons. The van der Waals surface area contributed by atoms with Gasteiger partial charge in [0.25, 0.3) is 5.91 Å². The predicted octanol–water partition coefficient (Wildman–Crippen LogP) is 3.24. The fraction of sp³-hybridized carbons (Fsp3) is 0.619. The van der Waals surface area contributed by atoms with E-state index in [4.69, 9.17) is 4.74 Å². The molecule has 30 heavy (non-hydrogen) atoms. The molecule has 2 atom stereocenters. The minimum atomic E-state index is -0.895. The number of urea groups is 1. The van der Waals surface area contributed by atoms with E-state index in [0.717, 1.165) is 42.6 Å². The molecule has 3 fully saturated rings. The maximum atomic E-state index is 13.0. The lowest BCUT2D eigenvalue weighted by atomic mass is 9.73. The molecular formula is C21H27N3O5S. The Balaban J connectivity index is 1.48. The molecule has 2 aliphatic carbocycles. The number of nitrogens with one attached hydrogen (secondary N) is 2. The van der Waals surface area contributed by atoms with Gasteiger partial charge in [-0.05, 0) is 55.4 Å². The third kappa shape index (κ3) is 3.59. The second-order valence-corrected chi connectivity index (χ2v) is 9.26. The van der Waals surface area contributed by atoms with Gasteiger partial charge in [0.2, 0.25) is 5.91 Å². The molecule has 9 heteroatoms. The zero-order chi connectivity index (χ0) is 21.5. The highest BCUT2D eigenvalue weighted by Gasteiger charge is 2.55. The Kier molecular flexibility index (Phi) is 5.57. The molecule has 2 heterocycles. The smallest absolute Gasteiger partial charge is 0.341 e. The quantitative estimate of drug-likeness (QED) is 0.529. The van der Waals surface area contributed by atoms with Gasteiger partial charge in [0, 0.05) is 0 Å². The summed E-state index contributed by atoms with van der Waals surface area (Å²) in [4.78, 5) is 51.7. The molecule has 0 unspecified atom stereocenters. The number of esters is 1. The second kappa shape index (κ2) is 8.02. The first-order valence-electron chi connectivity index (χ1n) is 10.6. The number of imide groups is 1. The van der Waals surface area contributed by atoms with Gasteiger partial charge in [0.1, 0.15) is 17.1 Å². The van der Waals surface area contributed by atoms with Crippen molar-refractivity contribution in [2.45, 2.75) is 63.8 Å². The van der Waals surface area contributed by atoms with Crippen molar-refractivity contribution in [1.29, 1.82) is 0 Å². The molecule has 2 saturated carbocycles. The Morgan fingerprint density at radius 3 is 2.73 bits per heavy atom. The lowest BCUT2D eigenvalue weighted by molar-refractivity contribution is -0.136. The van der Waals surface area contributed by atoms with Gasteiger partial charge in [-0.1, -0.05) is 19.8 Å². The summed E-state index contributed by atoms with van der Waals surface area (Å²) >= 11 is 1.27. The predicted molar refractivity (Wildman–Crippen MR) is 111 cm³/mol. The van der Waals surface area contributed by atoms with Crippen molar-refractivity contribution in [2.75, 3.05) is 18.5 Å². The molecule has 2 N–H and O–H groups in total. The number of hydrogen-bond donors (Lipinski definition) is 2. The standard InChI is InChI=1S/C21H27N3O5S/c1-3-29-18(26)16-14(13-7-8-13)11-30-17(16)22-15(25)10-24-19(27)21(23-20(24)28)9-5-4-6-12(21)2/h11-13H,3-10H2,1-2H3,(H,22,25)(H,23,28)/t12-,21-/m1/s1. The largest absolute Gasteiger partial charge is 0.462 e. The number of anilines is 1. The summed E-state index contributed by atoms with van der Waals surface area (Å²) in [6.07, 6.45) is 5.40. The van der Waals surface area contributed by atoms with Crippen molar-refractivity contribution in [3.05, 3.63) is 16.5 Å². The van der Waals surface area contributed by atoms with Crippen LogP contribution in [0.4, 0.5) is 9.80 Å². The maximum absolute atomic E-state index is 13.0. The average molecular weight is 434 g/mol. The van der Waals surface area contributed by atoms with Crippen molar-refractivity contribution in [2.24, 2.45) is 5.92 Å². The van der Waals surface area contributed by atoms with Crippen LogP contribution < -0.4 is 10.6 Å². The summed E-state index contributed by atoms with van der Waals surface area (Å²) in [5, 5.41) is 7.87. The van der Waals surface area contributed by atoms with E-state index in [0.29, 0.717) is 22.9 Å². The van der Waals surface area contributed by atoms with Crippen LogP contribution in [0, 0.1) is 5.92 Å². The second-order valence-electron chi connectivity index (χ2n) is 8.38. The van der Waals surface area contributed by atoms with Gasteiger partial charge < -0.3 is 15.4 Å². The molecule has 4 rings (SSSR count). The number of thiophene rings is 1. The summed E-state index contributed by atoms with van der Waals surface area (Å²) in [5.74, 6) is -0.936. The highest BCUT2D eigenvalue weighted by atomic mass is 32.1. The number of ether oxygens (including phenoxy) is 1. The highest BCUT2D eigenvalue weighted by molar-refractivity contribution is 7.15. The van der Waals surface area contributed by atoms with Crippen LogP contribution in [0.1, 0.15) is 74.2 Å². The van der Waals surface area contributed by atoms with Gasteiger partial charge in [-0.15, -0.1) is 11.3 Å². The van der Waals surface area contributed by atoms with Gasteiger partial charge in [0.05, 0.1) is 12.2 Å². The van der Waals surface area contributed by atoms with E-state index < -0.39 is 23.4 Å². The zero-order valence-corrected chi connectivity index (χ0v) is 18.1. The molecule has 0 aromatic carbocycles. The lowest BCUT2D eigenvalue weighted by Gasteiger charge is -2.36. The van der Waals surface area contributed by atoms with Crippen LogP contribution >= 0.6 is 11.3 Å². The first kappa shape index (κ1) is 20.8. The van der Waals surface area contributed by atoms with Crippen molar-refractivity contribution in [1.82, 2.24) is 10.2 Å². The molecule has 1 aromatic heterocycles. The van der Waals surface area contributed by atoms with Crippen molar-refractivity contribution >= 4 is 40.2 Å².